The van der Waals surface area contributed by atoms with Gasteiger partial charge in [0.05, 0.1) is 12.3 Å². The molecule has 0 saturated heterocycles. The molecule has 1 aromatic heterocycles. The Bertz CT molecular complexity index is 645. The predicted octanol–water partition coefficient (Wildman–Crippen LogP) is 1.21. The second-order valence-corrected chi connectivity index (χ2v) is 3.54. The van der Waals surface area contributed by atoms with Crippen LogP contribution in [0.15, 0.2) is 40.1 Å². The van der Waals surface area contributed by atoms with Crippen molar-refractivity contribution >= 4 is 11.4 Å². The summed E-state index contributed by atoms with van der Waals surface area (Å²) < 4.78 is 5.43. The minimum Gasteiger partial charge on any atom is -0.492 e. The van der Waals surface area contributed by atoms with Gasteiger partial charge in [-0.2, -0.15) is 0 Å². The van der Waals surface area contributed by atoms with E-state index in [0.717, 1.165) is 0 Å². The molecule has 0 aliphatic rings. The normalized spacial score (nSPS) is 10.1. The SMILES string of the molecule is CCOc1ccccc1Nc1c[nH]c(=O)[nH]c1=O. The fraction of sp³-hybridized carbons (Fsp3) is 0.167. The van der Waals surface area contributed by atoms with Gasteiger partial charge in [-0.3, -0.25) is 9.78 Å². The van der Waals surface area contributed by atoms with E-state index in [-0.39, 0.29) is 5.69 Å². The highest BCUT2D eigenvalue weighted by Crippen LogP contribution is 2.25. The first-order valence-corrected chi connectivity index (χ1v) is 5.51. The summed E-state index contributed by atoms with van der Waals surface area (Å²) in [7, 11) is 0. The monoisotopic (exact) mass is 247 g/mol. The van der Waals surface area contributed by atoms with Crippen LogP contribution in [-0.4, -0.2) is 16.6 Å². The van der Waals surface area contributed by atoms with Crippen molar-refractivity contribution in [1.29, 1.82) is 0 Å². The van der Waals surface area contributed by atoms with Crippen molar-refractivity contribution in [2.24, 2.45) is 0 Å². The molecule has 94 valence electrons. The summed E-state index contributed by atoms with van der Waals surface area (Å²) in [6.07, 6.45) is 1.32. The van der Waals surface area contributed by atoms with Crippen molar-refractivity contribution in [1.82, 2.24) is 9.97 Å². The number of aromatic amines is 2. The number of hydrogen-bond donors (Lipinski definition) is 3. The van der Waals surface area contributed by atoms with Gasteiger partial charge < -0.3 is 15.0 Å². The highest BCUT2D eigenvalue weighted by molar-refractivity contribution is 5.64. The third-order valence-electron chi connectivity index (χ3n) is 2.28. The van der Waals surface area contributed by atoms with E-state index < -0.39 is 11.2 Å². The molecule has 6 nitrogen and oxygen atoms in total. The molecule has 0 unspecified atom stereocenters. The van der Waals surface area contributed by atoms with Crippen molar-refractivity contribution in [2.45, 2.75) is 6.92 Å². The minimum atomic E-state index is -0.538. The van der Waals surface area contributed by atoms with E-state index in [2.05, 4.69) is 15.3 Å². The Morgan fingerprint density at radius 1 is 1.22 bits per heavy atom. The standard InChI is InChI=1S/C12H13N3O3/c1-2-18-10-6-4-3-5-8(10)14-9-7-13-12(17)15-11(9)16/h3-7,14H,2H2,1H3,(H2,13,15,16,17). The molecule has 0 spiro atoms. The summed E-state index contributed by atoms with van der Waals surface area (Å²) in [5.74, 6) is 0.644. The second-order valence-electron chi connectivity index (χ2n) is 3.54. The number of benzene rings is 1. The van der Waals surface area contributed by atoms with Gasteiger partial charge in [0.15, 0.2) is 0 Å². The number of para-hydroxylation sites is 2. The van der Waals surface area contributed by atoms with E-state index in [4.69, 9.17) is 4.74 Å². The topological polar surface area (TPSA) is 87.0 Å². The van der Waals surface area contributed by atoms with Gasteiger partial charge in [0.1, 0.15) is 11.4 Å². The number of aromatic nitrogens is 2. The van der Waals surface area contributed by atoms with Gasteiger partial charge in [-0.05, 0) is 19.1 Å². The van der Waals surface area contributed by atoms with E-state index in [1.807, 2.05) is 19.1 Å². The Hall–Kier alpha value is -2.50. The average Bonchev–Trinajstić information content (AvgIpc) is 2.35. The first kappa shape index (κ1) is 12.0. The van der Waals surface area contributed by atoms with E-state index >= 15 is 0 Å². The molecular formula is C12H13N3O3. The number of anilines is 2. The maximum Gasteiger partial charge on any atom is 0.325 e. The van der Waals surface area contributed by atoms with Crippen LogP contribution in [0.4, 0.5) is 11.4 Å². The Morgan fingerprint density at radius 3 is 2.72 bits per heavy atom. The molecular weight excluding hydrogens is 234 g/mol. The lowest BCUT2D eigenvalue weighted by Crippen LogP contribution is -2.23. The van der Waals surface area contributed by atoms with Crippen molar-refractivity contribution < 1.29 is 4.74 Å². The summed E-state index contributed by atoms with van der Waals surface area (Å²) in [4.78, 5) is 27.0. The van der Waals surface area contributed by atoms with Crippen molar-refractivity contribution in [2.75, 3.05) is 11.9 Å². The van der Waals surface area contributed by atoms with E-state index in [1.54, 1.807) is 12.1 Å². The molecule has 0 bridgehead atoms. The van der Waals surface area contributed by atoms with Crippen molar-refractivity contribution in [3.05, 3.63) is 51.3 Å². The molecule has 0 atom stereocenters. The van der Waals surface area contributed by atoms with Crippen LogP contribution >= 0.6 is 0 Å². The van der Waals surface area contributed by atoms with Crippen LogP contribution in [-0.2, 0) is 0 Å². The van der Waals surface area contributed by atoms with Gasteiger partial charge in [0.25, 0.3) is 5.56 Å². The Kier molecular flexibility index (Phi) is 3.47. The van der Waals surface area contributed by atoms with Gasteiger partial charge in [-0.25, -0.2) is 4.79 Å². The summed E-state index contributed by atoms with van der Waals surface area (Å²) in [6, 6.07) is 7.25. The van der Waals surface area contributed by atoms with Gasteiger partial charge in [0, 0.05) is 6.20 Å². The van der Waals surface area contributed by atoms with E-state index in [9.17, 15) is 9.59 Å². The lowest BCUT2D eigenvalue weighted by Gasteiger charge is -2.11. The molecule has 1 heterocycles. The van der Waals surface area contributed by atoms with Crippen LogP contribution in [0.25, 0.3) is 0 Å². The second kappa shape index (κ2) is 5.22. The minimum absolute atomic E-state index is 0.252. The van der Waals surface area contributed by atoms with E-state index in [1.165, 1.54) is 6.20 Å². The van der Waals surface area contributed by atoms with Crippen LogP contribution in [0.2, 0.25) is 0 Å². The quantitative estimate of drug-likeness (QED) is 0.757. The third-order valence-corrected chi connectivity index (χ3v) is 2.28. The highest BCUT2D eigenvalue weighted by Gasteiger charge is 2.05. The Balaban J connectivity index is 2.34. The smallest absolute Gasteiger partial charge is 0.325 e. The van der Waals surface area contributed by atoms with Crippen LogP contribution in [0.1, 0.15) is 6.92 Å². The number of ether oxygens (including phenoxy) is 1. The van der Waals surface area contributed by atoms with Gasteiger partial charge in [-0.1, -0.05) is 12.1 Å². The van der Waals surface area contributed by atoms with E-state index in [0.29, 0.717) is 18.0 Å². The summed E-state index contributed by atoms with van der Waals surface area (Å²) in [6.45, 7) is 2.41. The molecule has 0 saturated carbocycles. The summed E-state index contributed by atoms with van der Waals surface area (Å²) >= 11 is 0. The molecule has 2 aromatic rings. The van der Waals surface area contributed by atoms with Crippen LogP contribution in [0, 0.1) is 0 Å². The van der Waals surface area contributed by atoms with Crippen molar-refractivity contribution in [3.63, 3.8) is 0 Å². The number of H-pyrrole nitrogens is 2. The first-order chi connectivity index (χ1) is 8.70. The largest absolute Gasteiger partial charge is 0.492 e. The fourth-order valence-electron chi connectivity index (χ4n) is 1.50. The molecule has 0 aliphatic carbocycles. The van der Waals surface area contributed by atoms with Gasteiger partial charge >= 0.3 is 5.69 Å². The molecule has 3 N–H and O–H groups in total. The Labute approximate surface area is 103 Å². The molecule has 0 aliphatic heterocycles. The lowest BCUT2D eigenvalue weighted by atomic mass is 10.3. The molecule has 0 radical (unpaired) electrons. The van der Waals surface area contributed by atoms with Gasteiger partial charge in [-0.15, -0.1) is 0 Å². The molecule has 1 aromatic carbocycles. The number of hydrogen-bond acceptors (Lipinski definition) is 4. The molecule has 0 amide bonds. The average molecular weight is 247 g/mol. The predicted molar refractivity (Wildman–Crippen MR) is 68.6 cm³/mol. The fourth-order valence-corrected chi connectivity index (χ4v) is 1.50. The van der Waals surface area contributed by atoms with Crippen molar-refractivity contribution in [3.8, 4) is 5.75 Å². The summed E-state index contributed by atoms with van der Waals surface area (Å²) in [5, 5.41) is 2.91. The zero-order valence-corrected chi connectivity index (χ0v) is 9.82. The summed E-state index contributed by atoms with van der Waals surface area (Å²) in [5.41, 5.74) is -0.104. The van der Waals surface area contributed by atoms with Crippen LogP contribution < -0.4 is 21.3 Å². The van der Waals surface area contributed by atoms with Crippen LogP contribution in [0.3, 0.4) is 0 Å². The molecule has 6 heteroatoms. The molecule has 0 fully saturated rings. The lowest BCUT2D eigenvalue weighted by molar-refractivity contribution is 0.342. The highest BCUT2D eigenvalue weighted by atomic mass is 16.5. The zero-order valence-electron chi connectivity index (χ0n) is 9.82. The zero-order chi connectivity index (χ0) is 13.0. The van der Waals surface area contributed by atoms with Crippen LogP contribution in [0.5, 0.6) is 5.75 Å². The molecule has 2 rings (SSSR count). The first-order valence-electron chi connectivity index (χ1n) is 5.51. The third kappa shape index (κ3) is 2.60. The van der Waals surface area contributed by atoms with Gasteiger partial charge in [0.2, 0.25) is 0 Å². The maximum atomic E-state index is 11.5. The number of rotatable bonds is 4. The molecule has 18 heavy (non-hydrogen) atoms. The Morgan fingerprint density at radius 2 is 2.00 bits per heavy atom. The maximum absolute atomic E-state index is 11.5. The number of nitrogens with one attached hydrogen (secondary N) is 3.